The Morgan fingerprint density at radius 1 is 0.967 bits per heavy atom. The van der Waals surface area contributed by atoms with Gasteiger partial charge in [-0.3, -0.25) is 4.79 Å². The molecular weight excluding hydrogens is 416 g/mol. The molecule has 0 heterocycles. The highest BCUT2D eigenvalue weighted by Gasteiger charge is 2.27. The Morgan fingerprint density at radius 3 is 1.97 bits per heavy atom. The number of hydrogen-bond acceptors (Lipinski definition) is 5. The van der Waals surface area contributed by atoms with Crippen molar-refractivity contribution in [3.8, 4) is 0 Å². The van der Waals surface area contributed by atoms with Gasteiger partial charge < -0.3 is 10.1 Å². The summed E-state index contributed by atoms with van der Waals surface area (Å²) in [7, 11) is -4.75. The zero-order valence-corrected chi connectivity index (χ0v) is 17.8. The third-order valence-electron chi connectivity index (χ3n) is 4.32. The Bertz CT molecular complexity index is 1010. The maximum absolute atomic E-state index is 12.6. The summed E-state index contributed by atoms with van der Waals surface area (Å²) in [6, 6.07) is 11.1. The molecule has 9 heteroatoms. The molecule has 0 saturated carbocycles. The van der Waals surface area contributed by atoms with E-state index in [2.05, 4.69) is 26.1 Å². The highest BCUT2D eigenvalue weighted by molar-refractivity contribution is 7.91. The lowest BCUT2D eigenvalue weighted by molar-refractivity contribution is -0.123. The summed E-state index contributed by atoms with van der Waals surface area (Å²) < 4.78 is 53.0. The first-order chi connectivity index (χ1) is 13.8. The summed E-state index contributed by atoms with van der Waals surface area (Å²) in [6.45, 7) is 7.58. The molecular formula is C21H23F2NO5S. The van der Waals surface area contributed by atoms with Crippen molar-refractivity contribution in [2.45, 2.75) is 49.9 Å². The van der Waals surface area contributed by atoms with E-state index >= 15 is 0 Å². The van der Waals surface area contributed by atoms with Gasteiger partial charge >= 0.3 is 11.7 Å². The number of carbonyl (C=O) groups is 2. The van der Waals surface area contributed by atoms with Crippen molar-refractivity contribution in [2.24, 2.45) is 0 Å². The molecule has 0 aromatic heterocycles. The van der Waals surface area contributed by atoms with Crippen molar-refractivity contribution in [1.29, 1.82) is 0 Å². The molecule has 0 saturated heterocycles. The van der Waals surface area contributed by atoms with Gasteiger partial charge in [-0.25, -0.2) is 13.2 Å². The van der Waals surface area contributed by atoms with Crippen molar-refractivity contribution in [3.05, 3.63) is 59.7 Å². The minimum atomic E-state index is -4.75. The van der Waals surface area contributed by atoms with Gasteiger partial charge in [-0.2, -0.15) is 8.78 Å². The molecule has 6 nitrogen and oxygen atoms in total. The number of rotatable bonds is 6. The number of hydrogen-bond donors (Lipinski definition) is 1. The minimum absolute atomic E-state index is 0.0322. The maximum atomic E-state index is 12.6. The van der Waals surface area contributed by atoms with Crippen LogP contribution in [0.2, 0.25) is 0 Å². The molecule has 0 spiro atoms. The summed E-state index contributed by atoms with van der Waals surface area (Å²) in [5.41, 5.74) is 1.53. The zero-order valence-electron chi connectivity index (χ0n) is 17.0. The van der Waals surface area contributed by atoms with E-state index in [1.54, 1.807) is 12.1 Å². The Kier molecular flexibility index (Phi) is 6.97. The van der Waals surface area contributed by atoms with Crippen molar-refractivity contribution in [2.75, 3.05) is 5.32 Å². The lowest BCUT2D eigenvalue weighted by Crippen LogP contribution is -2.30. The molecule has 2 aromatic carbocycles. The van der Waals surface area contributed by atoms with Crippen LogP contribution in [0.4, 0.5) is 14.5 Å². The standard InChI is InChI=1S/C21H23F2NO5S/c1-13(18(25)24-16-9-7-15(8-10-16)21(2,3)4)29-19(26)14-5-11-17(12-6-14)30(27,28)20(22)23/h5-13,20H,1-4H3,(H,24,25)/t13-/m1/s1. The quantitative estimate of drug-likeness (QED) is 0.683. The SMILES string of the molecule is C[C@@H](OC(=O)c1ccc(S(=O)(=O)C(F)F)cc1)C(=O)Nc1ccc(C(C)(C)C)cc1. The van der Waals surface area contributed by atoms with Crippen molar-refractivity contribution in [1.82, 2.24) is 0 Å². The largest absolute Gasteiger partial charge is 0.449 e. The lowest BCUT2D eigenvalue weighted by atomic mass is 9.87. The van der Waals surface area contributed by atoms with Crippen LogP contribution in [0.15, 0.2) is 53.4 Å². The minimum Gasteiger partial charge on any atom is -0.449 e. The predicted molar refractivity (Wildman–Crippen MR) is 108 cm³/mol. The smallest absolute Gasteiger partial charge is 0.341 e. The Labute approximate surface area is 174 Å². The van der Waals surface area contributed by atoms with Crippen LogP contribution >= 0.6 is 0 Å². The molecule has 2 rings (SSSR count). The predicted octanol–water partition coefficient (Wildman–Crippen LogP) is 4.16. The van der Waals surface area contributed by atoms with Crippen LogP contribution in [0.5, 0.6) is 0 Å². The second kappa shape index (κ2) is 8.91. The summed E-state index contributed by atoms with van der Waals surface area (Å²) in [6.07, 6.45) is -1.13. The van der Waals surface area contributed by atoms with Crippen LogP contribution in [0, 0.1) is 0 Å². The molecule has 2 aromatic rings. The van der Waals surface area contributed by atoms with E-state index in [1.165, 1.54) is 6.92 Å². The molecule has 162 valence electrons. The second-order valence-electron chi connectivity index (χ2n) is 7.69. The first kappa shape index (κ1) is 23.5. The van der Waals surface area contributed by atoms with Crippen LogP contribution in [-0.4, -0.2) is 32.2 Å². The lowest BCUT2D eigenvalue weighted by Gasteiger charge is -2.19. The highest BCUT2D eigenvalue weighted by Crippen LogP contribution is 2.23. The van der Waals surface area contributed by atoms with Gasteiger partial charge in [0, 0.05) is 5.69 Å². The fourth-order valence-corrected chi connectivity index (χ4v) is 3.18. The average molecular weight is 439 g/mol. The second-order valence-corrected chi connectivity index (χ2v) is 9.61. The van der Waals surface area contributed by atoms with Crippen LogP contribution in [0.1, 0.15) is 43.6 Å². The number of anilines is 1. The number of halogens is 2. The molecule has 0 aliphatic heterocycles. The molecule has 1 atom stereocenters. The zero-order chi connectivity index (χ0) is 22.7. The fourth-order valence-electron chi connectivity index (χ4n) is 2.46. The monoisotopic (exact) mass is 439 g/mol. The molecule has 1 amide bonds. The van der Waals surface area contributed by atoms with Gasteiger partial charge in [-0.15, -0.1) is 0 Å². The number of esters is 1. The Hall–Kier alpha value is -2.81. The molecule has 0 unspecified atom stereocenters. The summed E-state index contributed by atoms with van der Waals surface area (Å²) >= 11 is 0. The maximum Gasteiger partial charge on any atom is 0.341 e. The number of sulfone groups is 1. The van der Waals surface area contributed by atoms with Gasteiger partial charge in [0.25, 0.3) is 5.91 Å². The Balaban J connectivity index is 2.00. The molecule has 0 radical (unpaired) electrons. The van der Waals surface area contributed by atoms with E-state index in [9.17, 15) is 26.8 Å². The molecule has 0 aliphatic carbocycles. The number of alkyl halides is 2. The third-order valence-corrected chi connectivity index (χ3v) is 5.72. The average Bonchev–Trinajstić information content (AvgIpc) is 2.67. The molecule has 30 heavy (non-hydrogen) atoms. The number of benzene rings is 2. The number of nitrogens with one attached hydrogen (secondary N) is 1. The van der Waals surface area contributed by atoms with Gasteiger partial charge in [-0.05, 0) is 54.3 Å². The van der Waals surface area contributed by atoms with E-state index in [1.807, 2.05) is 12.1 Å². The van der Waals surface area contributed by atoms with Gasteiger partial charge in [-0.1, -0.05) is 32.9 Å². The molecule has 0 aliphatic rings. The van der Waals surface area contributed by atoms with Gasteiger partial charge in [0.15, 0.2) is 6.10 Å². The number of carbonyl (C=O) groups excluding carboxylic acids is 2. The molecule has 0 bridgehead atoms. The Morgan fingerprint density at radius 2 is 1.50 bits per heavy atom. The van der Waals surface area contributed by atoms with Crippen LogP contribution < -0.4 is 5.32 Å². The number of ether oxygens (including phenoxy) is 1. The summed E-state index contributed by atoms with van der Waals surface area (Å²) in [5, 5.41) is 2.64. The van der Waals surface area contributed by atoms with E-state index in [0.29, 0.717) is 5.69 Å². The van der Waals surface area contributed by atoms with Gasteiger partial charge in [0.2, 0.25) is 9.84 Å². The fraction of sp³-hybridized carbons (Fsp3) is 0.333. The first-order valence-electron chi connectivity index (χ1n) is 9.07. The van der Waals surface area contributed by atoms with Crippen LogP contribution in [0.25, 0.3) is 0 Å². The topological polar surface area (TPSA) is 89.5 Å². The van der Waals surface area contributed by atoms with Gasteiger partial charge in [0.05, 0.1) is 10.5 Å². The van der Waals surface area contributed by atoms with E-state index in [0.717, 1.165) is 29.8 Å². The van der Waals surface area contributed by atoms with Crippen molar-refractivity contribution in [3.63, 3.8) is 0 Å². The first-order valence-corrected chi connectivity index (χ1v) is 10.6. The highest BCUT2D eigenvalue weighted by atomic mass is 32.2. The van der Waals surface area contributed by atoms with Gasteiger partial charge in [0.1, 0.15) is 0 Å². The van der Waals surface area contributed by atoms with Crippen molar-refractivity contribution < 1.29 is 31.5 Å². The van der Waals surface area contributed by atoms with Crippen molar-refractivity contribution >= 4 is 27.4 Å². The van der Waals surface area contributed by atoms with E-state index in [4.69, 9.17) is 4.74 Å². The molecule has 0 fully saturated rings. The van der Waals surface area contributed by atoms with E-state index < -0.39 is 38.5 Å². The normalized spacial score (nSPS) is 13.0. The summed E-state index contributed by atoms with van der Waals surface area (Å²) in [4.78, 5) is 23.8. The molecule has 1 N–H and O–H groups in total. The van der Waals surface area contributed by atoms with Crippen LogP contribution in [0.3, 0.4) is 0 Å². The number of amides is 1. The van der Waals surface area contributed by atoms with Crippen LogP contribution in [-0.2, 0) is 24.8 Å². The third kappa shape index (κ3) is 5.63. The summed E-state index contributed by atoms with van der Waals surface area (Å²) in [5.74, 6) is -5.00. The van der Waals surface area contributed by atoms with E-state index in [-0.39, 0.29) is 11.0 Å².